The van der Waals surface area contributed by atoms with Gasteiger partial charge in [-0.15, -0.1) is 0 Å². The quantitative estimate of drug-likeness (QED) is 0.788. The van der Waals surface area contributed by atoms with Crippen LogP contribution in [-0.4, -0.2) is 20.9 Å². The predicted octanol–water partition coefficient (Wildman–Crippen LogP) is 4.20. The molecule has 0 radical (unpaired) electrons. The Morgan fingerprint density at radius 2 is 1.95 bits per heavy atom. The fourth-order valence-electron chi connectivity index (χ4n) is 2.30. The third-order valence-electron chi connectivity index (χ3n) is 3.34. The summed E-state index contributed by atoms with van der Waals surface area (Å²) >= 11 is 6.16. The second-order valence-electron chi connectivity index (χ2n) is 4.96. The van der Waals surface area contributed by atoms with E-state index >= 15 is 0 Å². The number of rotatable bonds is 3. The van der Waals surface area contributed by atoms with Gasteiger partial charge in [-0.3, -0.25) is 0 Å². The van der Waals surface area contributed by atoms with E-state index in [2.05, 4.69) is 5.10 Å². The number of carboxylic acid groups (broad SMARTS) is 1. The van der Waals surface area contributed by atoms with E-state index in [0.717, 1.165) is 11.1 Å². The van der Waals surface area contributed by atoms with Gasteiger partial charge in [0.15, 0.2) is 0 Å². The molecule has 0 atom stereocenters. The van der Waals surface area contributed by atoms with Crippen molar-refractivity contribution in [3.63, 3.8) is 0 Å². The van der Waals surface area contributed by atoms with Gasteiger partial charge in [0.1, 0.15) is 11.3 Å². The summed E-state index contributed by atoms with van der Waals surface area (Å²) in [6.07, 6.45) is 1.49. The molecule has 0 aliphatic carbocycles. The lowest BCUT2D eigenvalue weighted by Gasteiger charge is -2.03. The lowest BCUT2D eigenvalue weighted by atomic mass is 10.1. The van der Waals surface area contributed by atoms with E-state index in [9.17, 15) is 9.90 Å². The fourth-order valence-corrected chi connectivity index (χ4v) is 2.52. The summed E-state index contributed by atoms with van der Waals surface area (Å²) in [6, 6.07) is 14.8. The van der Waals surface area contributed by atoms with Gasteiger partial charge in [-0.2, -0.15) is 5.10 Å². The Kier molecular flexibility index (Phi) is 3.69. The molecule has 0 aliphatic heterocycles. The number of aromatic carboxylic acids is 1. The lowest BCUT2D eigenvalue weighted by Crippen LogP contribution is -1.96. The molecular weight excluding hydrogens is 300 g/mol. The van der Waals surface area contributed by atoms with Gasteiger partial charge in [-0.1, -0.05) is 47.5 Å². The highest BCUT2D eigenvalue weighted by Crippen LogP contribution is 2.26. The van der Waals surface area contributed by atoms with Gasteiger partial charge in [0.25, 0.3) is 0 Å². The summed E-state index contributed by atoms with van der Waals surface area (Å²) in [4.78, 5) is 11.5. The average Bonchev–Trinajstić information content (AvgIpc) is 2.93. The molecule has 0 bridgehead atoms. The van der Waals surface area contributed by atoms with E-state index in [1.54, 1.807) is 12.1 Å². The third-order valence-corrected chi connectivity index (χ3v) is 3.66. The molecule has 1 N–H and O–H groups in total. The Labute approximate surface area is 132 Å². The molecule has 0 aliphatic rings. The third kappa shape index (κ3) is 2.61. The molecule has 4 nitrogen and oxygen atoms in total. The summed E-state index contributed by atoms with van der Waals surface area (Å²) in [7, 11) is 0. The van der Waals surface area contributed by atoms with Crippen molar-refractivity contribution in [2.45, 2.75) is 6.92 Å². The maximum Gasteiger partial charge on any atom is 0.339 e. The zero-order valence-corrected chi connectivity index (χ0v) is 12.6. The van der Waals surface area contributed by atoms with Crippen molar-refractivity contribution in [1.29, 1.82) is 0 Å². The second kappa shape index (κ2) is 5.66. The average molecular weight is 313 g/mol. The van der Waals surface area contributed by atoms with Crippen LogP contribution in [0.4, 0.5) is 0 Å². The van der Waals surface area contributed by atoms with Gasteiger partial charge >= 0.3 is 5.97 Å². The molecule has 0 saturated carbocycles. The normalized spacial score (nSPS) is 10.6. The Hall–Kier alpha value is -2.59. The van der Waals surface area contributed by atoms with Crippen LogP contribution in [0.2, 0.25) is 5.02 Å². The number of aromatic nitrogens is 2. The van der Waals surface area contributed by atoms with Gasteiger partial charge in [0.2, 0.25) is 0 Å². The van der Waals surface area contributed by atoms with Crippen molar-refractivity contribution < 1.29 is 9.90 Å². The minimum atomic E-state index is -1.02. The van der Waals surface area contributed by atoms with Crippen molar-refractivity contribution in [1.82, 2.24) is 9.78 Å². The standard InChI is InChI=1S/C17H13ClN2O2/c1-11-5-4-6-12(9-11)16-13(17(21)22)10-20(19-16)15-8-3-2-7-14(15)18/h2-10H,1H3,(H,21,22). The van der Waals surface area contributed by atoms with Crippen LogP contribution in [0.15, 0.2) is 54.7 Å². The van der Waals surface area contributed by atoms with Crippen molar-refractivity contribution in [3.8, 4) is 16.9 Å². The van der Waals surface area contributed by atoms with Crippen LogP contribution in [0.1, 0.15) is 15.9 Å². The molecule has 3 aromatic rings. The van der Waals surface area contributed by atoms with E-state index < -0.39 is 5.97 Å². The molecule has 1 aromatic heterocycles. The maximum absolute atomic E-state index is 11.5. The summed E-state index contributed by atoms with van der Waals surface area (Å²) < 4.78 is 1.50. The highest BCUT2D eigenvalue weighted by molar-refractivity contribution is 6.32. The maximum atomic E-state index is 11.5. The van der Waals surface area contributed by atoms with Crippen LogP contribution in [0, 0.1) is 6.92 Å². The summed E-state index contributed by atoms with van der Waals surface area (Å²) in [6.45, 7) is 1.95. The van der Waals surface area contributed by atoms with E-state index in [1.165, 1.54) is 10.9 Å². The molecule has 0 unspecified atom stereocenters. The lowest BCUT2D eigenvalue weighted by molar-refractivity contribution is 0.0697. The fraction of sp³-hybridized carbons (Fsp3) is 0.0588. The molecule has 5 heteroatoms. The van der Waals surface area contributed by atoms with Crippen LogP contribution < -0.4 is 0 Å². The van der Waals surface area contributed by atoms with Crippen LogP contribution in [-0.2, 0) is 0 Å². The number of halogens is 1. The Morgan fingerprint density at radius 3 is 2.64 bits per heavy atom. The van der Waals surface area contributed by atoms with Crippen molar-refractivity contribution in [2.24, 2.45) is 0 Å². The zero-order valence-electron chi connectivity index (χ0n) is 11.8. The van der Waals surface area contributed by atoms with Crippen molar-refractivity contribution in [3.05, 3.63) is 70.9 Å². The van der Waals surface area contributed by atoms with Crippen molar-refractivity contribution >= 4 is 17.6 Å². The number of carbonyl (C=O) groups is 1. The van der Waals surface area contributed by atoms with Gasteiger partial charge < -0.3 is 5.11 Å². The zero-order chi connectivity index (χ0) is 15.7. The van der Waals surface area contributed by atoms with E-state index in [1.807, 2.05) is 43.3 Å². The molecule has 1 heterocycles. The number of benzene rings is 2. The van der Waals surface area contributed by atoms with Gasteiger partial charge in [-0.05, 0) is 25.1 Å². The molecule has 3 rings (SSSR count). The first-order valence-corrected chi connectivity index (χ1v) is 7.09. The van der Waals surface area contributed by atoms with E-state index in [4.69, 9.17) is 11.6 Å². The Morgan fingerprint density at radius 1 is 1.18 bits per heavy atom. The van der Waals surface area contributed by atoms with Gasteiger partial charge in [-0.25, -0.2) is 9.48 Å². The highest BCUT2D eigenvalue weighted by atomic mass is 35.5. The number of para-hydroxylation sites is 1. The van der Waals surface area contributed by atoms with Crippen molar-refractivity contribution in [2.75, 3.05) is 0 Å². The second-order valence-corrected chi connectivity index (χ2v) is 5.37. The first kappa shape index (κ1) is 14.4. The van der Waals surface area contributed by atoms with Crippen LogP contribution in [0.25, 0.3) is 16.9 Å². The van der Waals surface area contributed by atoms with E-state index in [-0.39, 0.29) is 5.56 Å². The highest BCUT2D eigenvalue weighted by Gasteiger charge is 2.18. The summed E-state index contributed by atoms with van der Waals surface area (Å²) in [5.41, 5.74) is 3.02. The molecule has 0 saturated heterocycles. The van der Waals surface area contributed by atoms with E-state index in [0.29, 0.717) is 16.4 Å². The number of nitrogens with zero attached hydrogens (tertiary/aromatic N) is 2. The minimum Gasteiger partial charge on any atom is -0.478 e. The summed E-state index contributed by atoms with van der Waals surface area (Å²) in [5, 5.41) is 14.4. The molecule has 0 amide bonds. The summed E-state index contributed by atoms with van der Waals surface area (Å²) in [5.74, 6) is -1.02. The SMILES string of the molecule is Cc1cccc(-c2nn(-c3ccccc3Cl)cc2C(=O)O)c1. The smallest absolute Gasteiger partial charge is 0.339 e. The number of hydrogen-bond acceptors (Lipinski definition) is 2. The molecule has 0 fully saturated rings. The number of hydrogen-bond donors (Lipinski definition) is 1. The predicted molar refractivity (Wildman–Crippen MR) is 85.7 cm³/mol. The monoisotopic (exact) mass is 312 g/mol. The topological polar surface area (TPSA) is 55.1 Å². The Bertz CT molecular complexity index is 855. The largest absolute Gasteiger partial charge is 0.478 e. The molecule has 2 aromatic carbocycles. The number of carboxylic acids is 1. The molecule has 0 spiro atoms. The first-order chi connectivity index (χ1) is 10.6. The minimum absolute atomic E-state index is 0.144. The Balaban J connectivity index is 2.19. The molecular formula is C17H13ClN2O2. The van der Waals surface area contributed by atoms with Crippen LogP contribution in [0.5, 0.6) is 0 Å². The van der Waals surface area contributed by atoms with Gasteiger partial charge in [0, 0.05) is 11.8 Å². The first-order valence-electron chi connectivity index (χ1n) is 6.71. The number of aryl methyl sites for hydroxylation is 1. The molecule has 110 valence electrons. The molecule has 22 heavy (non-hydrogen) atoms. The van der Waals surface area contributed by atoms with Crippen LogP contribution in [0.3, 0.4) is 0 Å². The van der Waals surface area contributed by atoms with Gasteiger partial charge in [0.05, 0.1) is 10.7 Å². The van der Waals surface area contributed by atoms with Crippen LogP contribution >= 0.6 is 11.6 Å².